The number of halogens is 3. The molecule has 0 aliphatic rings. The van der Waals surface area contributed by atoms with Crippen molar-refractivity contribution in [2.24, 2.45) is 0 Å². The molecule has 10 heteroatoms. The van der Waals surface area contributed by atoms with Gasteiger partial charge in [-0.25, -0.2) is 4.39 Å². The molecule has 136 valence electrons. The maximum atomic E-state index is 13.6. The van der Waals surface area contributed by atoms with Gasteiger partial charge in [0.2, 0.25) is 0 Å². The van der Waals surface area contributed by atoms with E-state index >= 15 is 0 Å². The van der Waals surface area contributed by atoms with Gasteiger partial charge in [-0.3, -0.25) is 19.7 Å². The van der Waals surface area contributed by atoms with E-state index in [1.165, 1.54) is 30.3 Å². The molecule has 0 aliphatic carbocycles. The summed E-state index contributed by atoms with van der Waals surface area (Å²) >= 11 is 8.92. The van der Waals surface area contributed by atoms with Crippen LogP contribution in [0.2, 0.25) is 5.02 Å². The third-order valence-corrected chi connectivity index (χ3v) is 4.19. The number of anilines is 1. The van der Waals surface area contributed by atoms with Gasteiger partial charge in [-0.15, -0.1) is 0 Å². The van der Waals surface area contributed by atoms with E-state index < -0.39 is 35.6 Å². The zero-order chi connectivity index (χ0) is 19.3. The SMILES string of the molecule is O=C(COC(=O)Cc1c(F)cccc1Cl)Nc1ccc([N+](=O)[O-])cc1Br. The van der Waals surface area contributed by atoms with Gasteiger partial charge in [-0.05, 0) is 34.1 Å². The number of nitro benzene ring substituents is 1. The van der Waals surface area contributed by atoms with Crippen LogP contribution >= 0.6 is 27.5 Å². The maximum absolute atomic E-state index is 13.6. The van der Waals surface area contributed by atoms with Crippen LogP contribution in [-0.4, -0.2) is 23.4 Å². The first-order valence-corrected chi connectivity index (χ1v) is 8.27. The number of non-ortho nitro benzene ring substituents is 1. The van der Waals surface area contributed by atoms with Crippen LogP contribution in [0.4, 0.5) is 15.8 Å². The minimum absolute atomic E-state index is 0.0160. The summed E-state index contributed by atoms with van der Waals surface area (Å²) in [7, 11) is 0. The Morgan fingerprint density at radius 1 is 1.31 bits per heavy atom. The van der Waals surface area contributed by atoms with Crippen molar-refractivity contribution in [3.05, 3.63) is 67.4 Å². The Kier molecular flexibility index (Phi) is 6.64. The fourth-order valence-electron chi connectivity index (χ4n) is 1.95. The van der Waals surface area contributed by atoms with Crippen molar-refractivity contribution < 1.29 is 23.6 Å². The van der Waals surface area contributed by atoms with E-state index in [2.05, 4.69) is 21.2 Å². The van der Waals surface area contributed by atoms with Crippen molar-refractivity contribution in [2.75, 3.05) is 11.9 Å². The molecule has 0 fully saturated rings. The largest absolute Gasteiger partial charge is 0.455 e. The van der Waals surface area contributed by atoms with Crippen LogP contribution in [0.15, 0.2) is 40.9 Å². The van der Waals surface area contributed by atoms with Gasteiger partial charge in [0.25, 0.3) is 11.6 Å². The average Bonchev–Trinajstić information content (AvgIpc) is 2.58. The molecule has 0 spiro atoms. The normalized spacial score (nSPS) is 10.3. The molecule has 26 heavy (non-hydrogen) atoms. The number of nitrogens with zero attached hydrogens (tertiary/aromatic N) is 1. The van der Waals surface area contributed by atoms with Crippen molar-refractivity contribution in [1.82, 2.24) is 0 Å². The summed E-state index contributed by atoms with van der Waals surface area (Å²) in [6.07, 6.45) is -0.417. The summed E-state index contributed by atoms with van der Waals surface area (Å²) in [5.41, 5.74) is 0.106. The van der Waals surface area contributed by atoms with Crippen LogP contribution in [0.25, 0.3) is 0 Å². The number of ether oxygens (including phenoxy) is 1. The number of carbonyl (C=O) groups excluding carboxylic acids is 2. The Morgan fingerprint density at radius 3 is 2.65 bits per heavy atom. The maximum Gasteiger partial charge on any atom is 0.310 e. The zero-order valence-electron chi connectivity index (χ0n) is 13.0. The van der Waals surface area contributed by atoms with Gasteiger partial charge in [0.05, 0.1) is 17.0 Å². The summed E-state index contributed by atoms with van der Waals surface area (Å²) in [4.78, 5) is 33.7. The number of nitro groups is 1. The lowest BCUT2D eigenvalue weighted by Gasteiger charge is -2.09. The molecule has 0 atom stereocenters. The molecule has 0 aliphatic heterocycles. The van der Waals surface area contributed by atoms with Gasteiger partial charge in [0, 0.05) is 27.2 Å². The van der Waals surface area contributed by atoms with Gasteiger partial charge in [0.15, 0.2) is 6.61 Å². The van der Waals surface area contributed by atoms with Gasteiger partial charge >= 0.3 is 5.97 Å². The molecule has 0 saturated heterocycles. The lowest BCUT2D eigenvalue weighted by molar-refractivity contribution is -0.384. The van der Waals surface area contributed by atoms with E-state index in [0.717, 1.165) is 6.07 Å². The van der Waals surface area contributed by atoms with Crippen molar-refractivity contribution >= 4 is 50.8 Å². The first-order valence-electron chi connectivity index (χ1n) is 7.10. The van der Waals surface area contributed by atoms with Crippen LogP contribution < -0.4 is 5.32 Å². The Hall–Kier alpha value is -2.52. The number of hydrogen-bond donors (Lipinski definition) is 1. The smallest absolute Gasteiger partial charge is 0.310 e. The Labute approximate surface area is 160 Å². The van der Waals surface area contributed by atoms with E-state index in [0.29, 0.717) is 4.47 Å². The highest BCUT2D eigenvalue weighted by atomic mass is 79.9. The van der Waals surface area contributed by atoms with Gasteiger partial charge in [-0.1, -0.05) is 17.7 Å². The van der Waals surface area contributed by atoms with Crippen molar-refractivity contribution in [3.8, 4) is 0 Å². The Balaban J connectivity index is 1.90. The number of amides is 1. The van der Waals surface area contributed by atoms with E-state index in [9.17, 15) is 24.1 Å². The number of benzene rings is 2. The molecule has 7 nitrogen and oxygen atoms in total. The zero-order valence-corrected chi connectivity index (χ0v) is 15.3. The molecule has 0 aromatic heterocycles. The Morgan fingerprint density at radius 2 is 2.04 bits per heavy atom. The number of hydrogen-bond acceptors (Lipinski definition) is 5. The van der Waals surface area contributed by atoms with Crippen molar-refractivity contribution in [1.29, 1.82) is 0 Å². The lowest BCUT2D eigenvalue weighted by Crippen LogP contribution is -2.22. The van der Waals surface area contributed by atoms with Crippen LogP contribution in [0.5, 0.6) is 0 Å². The van der Waals surface area contributed by atoms with E-state index in [1.807, 2.05) is 0 Å². The molecule has 0 bridgehead atoms. The molecular formula is C16H11BrClFN2O5. The van der Waals surface area contributed by atoms with Crippen LogP contribution in [0.3, 0.4) is 0 Å². The highest BCUT2D eigenvalue weighted by Crippen LogP contribution is 2.27. The van der Waals surface area contributed by atoms with Crippen LogP contribution in [-0.2, 0) is 20.7 Å². The number of nitrogens with one attached hydrogen (secondary N) is 1. The minimum Gasteiger partial charge on any atom is -0.455 e. The number of carbonyl (C=O) groups is 2. The summed E-state index contributed by atoms with van der Waals surface area (Å²) in [5, 5.41) is 13.2. The van der Waals surface area contributed by atoms with Crippen molar-refractivity contribution in [2.45, 2.75) is 6.42 Å². The van der Waals surface area contributed by atoms with E-state index in [4.69, 9.17) is 16.3 Å². The molecular weight excluding hydrogens is 435 g/mol. The van der Waals surface area contributed by atoms with Gasteiger partial charge < -0.3 is 10.1 Å². The van der Waals surface area contributed by atoms with E-state index in [1.54, 1.807) is 0 Å². The monoisotopic (exact) mass is 444 g/mol. The molecule has 0 unspecified atom stereocenters. The molecule has 0 saturated carbocycles. The van der Waals surface area contributed by atoms with Crippen LogP contribution in [0, 0.1) is 15.9 Å². The molecule has 2 aromatic carbocycles. The fraction of sp³-hybridized carbons (Fsp3) is 0.125. The van der Waals surface area contributed by atoms with Gasteiger partial charge in [0.1, 0.15) is 5.82 Å². The second kappa shape index (κ2) is 8.72. The average molecular weight is 446 g/mol. The quantitative estimate of drug-likeness (QED) is 0.413. The first-order chi connectivity index (χ1) is 12.3. The summed E-state index contributed by atoms with van der Waals surface area (Å²) in [6.45, 7) is -0.603. The second-order valence-electron chi connectivity index (χ2n) is 5.01. The molecule has 1 N–H and O–H groups in total. The molecule has 0 radical (unpaired) electrons. The predicted octanol–water partition coefficient (Wildman–Crippen LogP) is 3.87. The molecule has 2 rings (SSSR count). The third kappa shape index (κ3) is 5.24. The second-order valence-corrected chi connectivity index (χ2v) is 6.27. The number of esters is 1. The predicted molar refractivity (Wildman–Crippen MR) is 95.5 cm³/mol. The van der Waals surface area contributed by atoms with Crippen molar-refractivity contribution in [3.63, 3.8) is 0 Å². The highest BCUT2D eigenvalue weighted by Gasteiger charge is 2.15. The lowest BCUT2D eigenvalue weighted by atomic mass is 10.1. The standard InChI is InChI=1S/C16H11BrClFN2O5/c17-11-6-9(21(24)25)4-5-14(11)20-15(22)8-26-16(23)7-10-12(18)2-1-3-13(10)19/h1-6H,7-8H2,(H,20,22). The summed E-state index contributed by atoms with van der Waals surface area (Å²) in [6, 6.07) is 7.77. The highest BCUT2D eigenvalue weighted by molar-refractivity contribution is 9.10. The molecule has 2 aromatic rings. The van der Waals surface area contributed by atoms with Gasteiger partial charge in [-0.2, -0.15) is 0 Å². The summed E-state index contributed by atoms with van der Waals surface area (Å²) in [5.74, 6) is -2.13. The van der Waals surface area contributed by atoms with E-state index in [-0.39, 0.29) is 22.0 Å². The first kappa shape index (κ1) is 19.8. The summed E-state index contributed by atoms with van der Waals surface area (Å²) < 4.78 is 18.7. The topological polar surface area (TPSA) is 98.5 Å². The Bertz CT molecular complexity index is 857. The third-order valence-electron chi connectivity index (χ3n) is 3.18. The number of rotatable bonds is 6. The minimum atomic E-state index is -0.824. The fourth-order valence-corrected chi connectivity index (χ4v) is 2.64. The van der Waals surface area contributed by atoms with Crippen LogP contribution in [0.1, 0.15) is 5.56 Å². The molecule has 0 heterocycles. The molecule has 1 amide bonds.